The van der Waals surface area contributed by atoms with E-state index in [1.54, 1.807) is 10.4 Å². The smallest absolute Gasteiger partial charge is 0.410 e. The van der Waals surface area contributed by atoms with Crippen LogP contribution in [0.25, 0.3) is 0 Å². The Morgan fingerprint density at radius 1 is 1.15 bits per heavy atom. The predicted octanol–water partition coefficient (Wildman–Crippen LogP) is 1.20. The van der Waals surface area contributed by atoms with Crippen LogP contribution in [0.5, 0.6) is 0 Å². The van der Waals surface area contributed by atoms with Gasteiger partial charge in [-0.1, -0.05) is 30.3 Å². The molecule has 2 saturated heterocycles. The number of likely N-dealkylation sites (tertiary alicyclic amines) is 1. The van der Waals surface area contributed by atoms with Crippen molar-refractivity contribution in [3.8, 4) is 0 Å². The van der Waals surface area contributed by atoms with Crippen molar-refractivity contribution >= 4 is 17.9 Å². The van der Waals surface area contributed by atoms with E-state index >= 15 is 0 Å². The molecule has 0 radical (unpaired) electrons. The molecule has 4 rings (SSSR count). The third-order valence-corrected chi connectivity index (χ3v) is 4.94. The maximum Gasteiger partial charge on any atom is 0.410 e. The van der Waals surface area contributed by atoms with Crippen LogP contribution >= 0.6 is 0 Å². The molecule has 1 aromatic carbocycles. The molecule has 2 fully saturated rings. The fourth-order valence-electron chi connectivity index (χ4n) is 3.59. The zero-order chi connectivity index (χ0) is 18.8. The van der Waals surface area contributed by atoms with Gasteiger partial charge in [0, 0.05) is 25.5 Å². The summed E-state index contributed by atoms with van der Waals surface area (Å²) in [5.41, 5.74) is 2.68. The molecule has 2 aromatic rings. The van der Waals surface area contributed by atoms with E-state index in [1.807, 2.05) is 35.2 Å². The largest absolute Gasteiger partial charge is 0.445 e. The number of fused-ring (bicyclic) bond motifs is 2. The van der Waals surface area contributed by atoms with Gasteiger partial charge in [-0.25, -0.2) is 20.2 Å². The van der Waals surface area contributed by atoms with Gasteiger partial charge in [0.25, 0.3) is 5.91 Å². The van der Waals surface area contributed by atoms with Gasteiger partial charge >= 0.3 is 6.09 Å². The Bertz CT molecular complexity index is 829. The second-order valence-corrected chi connectivity index (χ2v) is 6.60. The molecule has 9 nitrogen and oxygen atoms in total. The highest BCUT2D eigenvalue weighted by atomic mass is 16.6. The normalized spacial score (nSPS) is 20.6. The van der Waals surface area contributed by atoms with Crippen LogP contribution in [0.2, 0.25) is 0 Å². The summed E-state index contributed by atoms with van der Waals surface area (Å²) in [5, 5.41) is 8.64. The Morgan fingerprint density at radius 2 is 1.89 bits per heavy atom. The first-order chi connectivity index (χ1) is 13.2. The van der Waals surface area contributed by atoms with Crippen LogP contribution in [0.4, 0.5) is 10.7 Å². The van der Waals surface area contributed by atoms with Crippen LogP contribution in [-0.2, 0) is 11.3 Å². The van der Waals surface area contributed by atoms with Crippen LogP contribution < -0.4 is 10.4 Å². The molecule has 3 heterocycles. The fourth-order valence-corrected chi connectivity index (χ4v) is 3.59. The standard InChI is InChI=1S/C18H19N5O4/c24-16(21-26)13-7-19-17(20-8-13)22-9-15-6-14(22)10-23(15)18(25)27-11-12-4-2-1-3-5-12/h1-5,7-8,14-15,26H,6,9-11H2,(H,21,24)/t14-,15-/m1/s1. The van der Waals surface area contributed by atoms with Gasteiger partial charge in [0.1, 0.15) is 6.61 Å². The number of hydrogen-bond acceptors (Lipinski definition) is 7. The van der Waals surface area contributed by atoms with Gasteiger partial charge in [-0.2, -0.15) is 0 Å². The van der Waals surface area contributed by atoms with E-state index in [-0.39, 0.29) is 30.3 Å². The van der Waals surface area contributed by atoms with Gasteiger partial charge in [0.05, 0.1) is 17.6 Å². The summed E-state index contributed by atoms with van der Waals surface area (Å²) in [4.78, 5) is 35.9. The minimum absolute atomic E-state index is 0.0577. The van der Waals surface area contributed by atoms with E-state index in [9.17, 15) is 9.59 Å². The van der Waals surface area contributed by atoms with Crippen molar-refractivity contribution in [2.24, 2.45) is 0 Å². The van der Waals surface area contributed by atoms with Crippen molar-refractivity contribution < 1.29 is 19.5 Å². The van der Waals surface area contributed by atoms with Crippen molar-refractivity contribution in [2.45, 2.75) is 25.1 Å². The number of ether oxygens (including phenoxy) is 1. The highest BCUT2D eigenvalue weighted by molar-refractivity contribution is 5.92. The topological polar surface area (TPSA) is 108 Å². The number of rotatable bonds is 4. The molecule has 0 spiro atoms. The molecule has 2 aliphatic heterocycles. The highest BCUT2D eigenvalue weighted by Gasteiger charge is 2.46. The molecule has 0 aliphatic carbocycles. The van der Waals surface area contributed by atoms with E-state index < -0.39 is 5.91 Å². The number of nitrogens with zero attached hydrogens (tertiary/aromatic N) is 4. The predicted molar refractivity (Wildman–Crippen MR) is 94.2 cm³/mol. The Hall–Kier alpha value is -3.20. The van der Waals surface area contributed by atoms with Crippen LogP contribution in [0.3, 0.4) is 0 Å². The highest BCUT2D eigenvalue weighted by Crippen LogP contribution is 2.33. The molecule has 2 atom stereocenters. The van der Waals surface area contributed by atoms with Gasteiger partial charge in [-0.05, 0) is 12.0 Å². The number of amides is 2. The second-order valence-electron chi connectivity index (χ2n) is 6.60. The molecule has 2 amide bonds. The number of carbonyl (C=O) groups excluding carboxylic acids is 2. The maximum atomic E-state index is 12.4. The number of piperazine rings is 1. The first-order valence-electron chi connectivity index (χ1n) is 8.66. The summed E-state index contributed by atoms with van der Waals surface area (Å²) in [6, 6.07) is 9.76. The van der Waals surface area contributed by atoms with E-state index in [1.165, 1.54) is 12.4 Å². The average molecular weight is 369 g/mol. The van der Waals surface area contributed by atoms with E-state index in [0.717, 1.165) is 12.0 Å². The molecule has 9 heteroatoms. The zero-order valence-corrected chi connectivity index (χ0v) is 14.5. The average Bonchev–Trinajstić information content (AvgIpc) is 3.33. The minimum atomic E-state index is -0.656. The molecule has 2 N–H and O–H groups in total. The molecule has 0 saturated carbocycles. The molecule has 0 unspecified atom stereocenters. The summed E-state index contributed by atoms with van der Waals surface area (Å²) < 4.78 is 5.43. The lowest BCUT2D eigenvalue weighted by molar-refractivity contribution is 0.0705. The number of anilines is 1. The summed E-state index contributed by atoms with van der Waals surface area (Å²) in [6.45, 7) is 1.44. The fraction of sp³-hybridized carbons (Fsp3) is 0.333. The monoisotopic (exact) mass is 369 g/mol. The Balaban J connectivity index is 1.35. The number of carbonyl (C=O) groups is 2. The Labute approximate surface area is 155 Å². The SMILES string of the molecule is O=C(NO)c1cnc(N2C[C@H]3C[C@@H]2CN3C(=O)OCc2ccccc2)nc1. The molecule has 2 aliphatic rings. The van der Waals surface area contributed by atoms with E-state index in [0.29, 0.717) is 19.0 Å². The van der Waals surface area contributed by atoms with Crippen molar-refractivity contribution in [2.75, 3.05) is 18.0 Å². The van der Waals surface area contributed by atoms with Crippen molar-refractivity contribution in [3.63, 3.8) is 0 Å². The molecular weight excluding hydrogens is 350 g/mol. The lowest BCUT2D eigenvalue weighted by Gasteiger charge is -2.33. The van der Waals surface area contributed by atoms with Crippen molar-refractivity contribution in [1.29, 1.82) is 0 Å². The molecule has 27 heavy (non-hydrogen) atoms. The number of benzene rings is 1. The lowest BCUT2D eigenvalue weighted by Crippen LogP contribution is -2.49. The molecule has 1 aromatic heterocycles. The summed E-state index contributed by atoms with van der Waals surface area (Å²) in [7, 11) is 0. The lowest BCUT2D eigenvalue weighted by atomic mass is 10.2. The number of nitrogens with one attached hydrogen (secondary N) is 1. The van der Waals surface area contributed by atoms with Crippen LogP contribution in [0, 0.1) is 0 Å². The summed E-state index contributed by atoms with van der Waals surface area (Å²) >= 11 is 0. The third-order valence-electron chi connectivity index (χ3n) is 4.94. The zero-order valence-electron chi connectivity index (χ0n) is 14.5. The third kappa shape index (κ3) is 3.41. The van der Waals surface area contributed by atoms with Crippen LogP contribution in [0.1, 0.15) is 22.3 Å². The van der Waals surface area contributed by atoms with Crippen molar-refractivity contribution in [1.82, 2.24) is 20.3 Å². The summed E-state index contributed by atoms with van der Waals surface area (Å²) in [5.74, 6) is -0.147. The van der Waals surface area contributed by atoms with Gasteiger partial charge in [0.15, 0.2) is 0 Å². The Morgan fingerprint density at radius 3 is 2.52 bits per heavy atom. The van der Waals surface area contributed by atoms with Gasteiger partial charge < -0.3 is 14.5 Å². The first-order valence-corrected chi connectivity index (χ1v) is 8.66. The van der Waals surface area contributed by atoms with E-state index in [4.69, 9.17) is 9.94 Å². The van der Waals surface area contributed by atoms with Crippen LogP contribution in [-0.4, -0.2) is 57.2 Å². The van der Waals surface area contributed by atoms with Crippen LogP contribution in [0.15, 0.2) is 42.7 Å². The van der Waals surface area contributed by atoms with Gasteiger partial charge in [-0.15, -0.1) is 0 Å². The Kier molecular flexibility index (Phi) is 4.59. The molecular formula is C18H19N5O4. The number of hydrogen-bond donors (Lipinski definition) is 2. The quantitative estimate of drug-likeness (QED) is 0.616. The first kappa shape index (κ1) is 17.2. The summed E-state index contributed by atoms with van der Waals surface area (Å²) in [6.07, 6.45) is 3.27. The van der Waals surface area contributed by atoms with Crippen molar-refractivity contribution in [3.05, 3.63) is 53.9 Å². The van der Waals surface area contributed by atoms with Gasteiger partial charge in [0.2, 0.25) is 5.95 Å². The second kappa shape index (κ2) is 7.20. The number of hydroxylamine groups is 1. The van der Waals surface area contributed by atoms with E-state index in [2.05, 4.69) is 9.97 Å². The minimum Gasteiger partial charge on any atom is -0.445 e. The number of aromatic nitrogens is 2. The molecule has 140 valence electrons. The molecule has 2 bridgehead atoms. The van der Waals surface area contributed by atoms with Gasteiger partial charge in [-0.3, -0.25) is 10.0 Å². The maximum absolute atomic E-state index is 12.4.